The van der Waals surface area contributed by atoms with Crippen molar-refractivity contribution in [1.82, 2.24) is 4.98 Å². The molecule has 0 aliphatic heterocycles. The van der Waals surface area contributed by atoms with Gasteiger partial charge >= 0.3 is 0 Å². The second kappa shape index (κ2) is 3.67. The highest BCUT2D eigenvalue weighted by Gasteiger charge is 2.08. The molecule has 3 heteroatoms. The SMILES string of the molecule is Cc1c(O)c2ccc(C(C)C)cc2[nH]c1=O. The minimum atomic E-state index is -0.231. The van der Waals surface area contributed by atoms with Gasteiger partial charge in [0.15, 0.2) is 0 Å². The summed E-state index contributed by atoms with van der Waals surface area (Å²) in [5.41, 5.74) is 1.97. The third kappa shape index (κ3) is 1.58. The largest absolute Gasteiger partial charge is 0.507 e. The summed E-state index contributed by atoms with van der Waals surface area (Å²) in [6.45, 7) is 5.80. The highest BCUT2D eigenvalue weighted by atomic mass is 16.3. The van der Waals surface area contributed by atoms with Crippen molar-refractivity contribution >= 4 is 10.9 Å². The first kappa shape index (κ1) is 10.7. The number of hydrogen-bond donors (Lipinski definition) is 2. The molecular weight excluding hydrogens is 202 g/mol. The number of H-pyrrole nitrogens is 1. The third-order valence-electron chi connectivity index (χ3n) is 2.91. The Bertz CT molecular complexity index is 597. The molecule has 1 aromatic carbocycles. The average Bonchev–Trinajstić information content (AvgIpc) is 2.25. The van der Waals surface area contributed by atoms with Gasteiger partial charge in [-0.25, -0.2) is 0 Å². The number of hydrogen-bond acceptors (Lipinski definition) is 2. The van der Waals surface area contributed by atoms with Crippen LogP contribution in [0.1, 0.15) is 30.9 Å². The number of aromatic amines is 1. The Hall–Kier alpha value is -1.77. The Morgan fingerprint density at radius 1 is 1.31 bits per heavy atom. The normalized spacial score (nSPS) is 11.2. The van der Waals surface area contributed by atoms with E-state index in [0.717, 1.165) is 5.56 Å². The van der Waals surface area contributed by atoms with Gasteiger partial charge in [0, 0.05) is 5.39 Å². The van der Waals surface area contributed by atoms with Crippen molar-refractivity contribution in [3.63, 3.8) is 0 Å². The summed E-state index contributed by atoms with van der Waals surface area (Å²) >= 11 is 0. The van der Waals surface area contributed by atoms with Crippen molar-refractivity contribution in [2.45, 2.75) is 26.7 Å². The number of aromatic nitrogens is 1. The summed E-state index contributed by atoms with van der Waals surface area (Å²) in [6.07, 6.45) is 0. The Kier molecular flexibility index (Phi) is 2.46. The summed E-state index contributed by atoms with van der Waals surface area (Å²) in [5.74, 6) is 0.477. The van der Waals surface area contributed by atoms with Crippen LogP contribution in [0.5, 0.6) is 5.75 Å². The number of nitrogens with one attached hydrogen (secondary N) is 1. The molecule has 2 rings (SSSR count). The lowest BCUT2D eigenvalue weighted by atomic mass is 10.0. The van der Waals surface area contributed by atoms with Crippen LogP contribution in [0, 0.1) is 6.92 Å². The third-order valence-corrected chi connectivity index (χ3v) is 2.91. The molecule has 0 amide bonds. The molecule has 0 spiro atoms. The van der Waals surface area contributed by atoms with Crippen molar-refractivity contribution in [1.29, 1.82) is 0 Å². The van der Waals surface area contributed by atoms with E-state index in [2.05, 4.69) is 18.8 Å². The smallest absolute Gasteiger partial charge is 0.255 e. The van der Waals surface area contributed by atoms with Crippen LogP contribution in [0.15, 0.2) is 23.0 Å². The van der Waals surface area contributed by atoms with Gasteiger partial charge in [0.05, 0.1) is 11.1 Å². The second-order valence-electron chi connectivity index (χ2n) is 4.39. The molecule has 0 unspecified atom stereocenters. The van der Waals surface area contributed by atoms with Gasteiger partial charge in [0.25, 0.3) is 5.56 Å². The lowest BCUT2D eigenvalue weighted by Gasteiger charge is -2.08. The van der Waals surface area contributed by atoms with Gasteiger partial charge in [0.2, 0.25) is 0 Å². The van der Waals surface area contributed by atoms with Gasteiger partial charge < -0.3 is 10.1 Å². The Labute approximate surface area is 93.7 Å². The maximum atomic E-state index is 11.5. The standard InChI is InChI=1S/C13H15NO2/c1-7(2)9-4-5-10-11(6-9)14-13(16)8(3)12(10)15/h4-7H,1-3H3,(H2,14,15,16). The maximum Gasteiger partial charge on any atom is 0.255 e. The first-order chi connectivity index (χ1) is 7.50. The molecule has 0 fully saturated rings. The van der Waals surface area contributed by atoms with Crippen LogP contribution in [0.4, 0.5) is 0 Å². The number of rotatable bonds is 1. The van der Waals surface area contributed by atoms with Gasteiger partial charge in [-0.3, -0.25) is 4.79 Å². The van der Waals surface area contributed by atoms with Crippen LogP contribution in [0.3, 0.4) is 0 Å². The van der Waals surface area contributed by atoms with E-state index in [-0.39, 0.29) is 11.3 Å². The monoisotopic (exact) mass is 217 g/mol. The molecule has 84 valence electrons. The topological polar surface area (TPSA) is 53.1 Å². The van der Waals surface area contributed by atoms with Gasteiger partial charge in [-0.15, -0.1) is 0 Å². The quantitative estimate of drug-likeness (QED) is 0.771. The molecule has 1 heterocycles. The van der Waals surface area contributed by atoms with Gasteiger partial charge in [-0.2, -0.15) is 0 Å². The molecule has 0 bridgehead atoms. The van der Waals surface area contributed by atoms with Gasteiger partial charge in [-0.05, 0) is 30.5 Å². The summed E-state index contributed by atoms with van der Waals surface area (Å²) in [4.78, 5) is 14.3. The lowest BCUT2D eigenvalue weighted by molar-refractivity contribution is 0.476. The number of pyridine rings is 1. The number of fused-ring (bicyclic) bond motifs is 1. The zero-order chi connectivity index (χ0) is 11.9. The van der Waals surface area contributed by atoms with E-state index in [1.54, 1.807) is 6.92 Å². The minimum absolute atomic E-state index is 0.0778. The predicted molar refractivity (Wildman–Crippen MR) is 65.1 cm³/mol. The van der Waals surface area contributed by atoms with Crippen LogP contribution in [-0.4, -0.2) is 10.1 Å². The van der Waals surface area contributed by atoms with Gasteiger partial charge in [-0.1, -0.05) is 19.9 Å². The van der Waals surface area contributed by atoms with E-state index in [1.165, 1.54) is 0 Å². The summed E-state index contributed by atoms with van der Waals surface area (Å²) in [6, 6.07) is 5.74. The Morgan fingerprint density at radius 3 is 2.62 bits per heavy atom. The molecule has 2 aromatic rings. The maximum absolute atomic E-state index is 11.5. The minimum Gasteiger partial charge on any atom is -0.507 e. The molecule has 0 saturated carbocycles. The Balaban J connectivity index is 2.81. The van der Waals surface area contributed by atoms with Crippen molar-refractivity contribution in [2.75, 3.05) is 0 Å². The van der Waals surface area contributed by atoms with Crippen molar-refractivity contribution in [3.8, 4) is 5.75 Å². The van der Waals surface area contributed by atoms with E-state index >= 15 is 0 Å². The molecule has 0 saturated heterocycles. The van der Waals surface area contributed by atoms with E-state index in [0.29, 0.717) is 22.4 Å². The summed E-state index contributed by atoms with van der Waals surface area (Å²) < 4.78 is 0. The number of benzene rings is 1. The Morgan fingerprint density at radius 2 is 2.00 bits per heavy atom. The molecule has 1 aromatic heterocycles. The van der Waals surface area contributed by atoms with Crippen LogP contribution in [-0.2, 0) is 0 Å². The highest BCUT2D eigenvalue weighted by molar-refractivity contribution is 5.86. The van der Waals surface area contributed by atoms with E-state index in [9.17, 15) is 9.90 Å². The summed E-state index contributed by atoms with van der Waals surface area (Å²) in [7, 11) is 0. The van der Waals surface area contributed by atoms with E-state index in [4.69, 9.17) is 0 Å². The fourth-order valence-corrected chi connectivity index (χ4v) is 1.76. The van der Waals surface area contributed by atoms with Gasteiger partial charge in [0.1, 0.15) is 5.75 Å². The molecule has 2 N–H and O–H groups in total. The molecule has 0 radical (unpaired) electrons. The van der Waals surface area contributed by atoms with E-state index < -0.39 is 0 Å². The van der Waals surface area contributed by atoms with Crippen molar-refractivity contribution in [3.05, 3.63) is 39.7 Å². The molecule has 3 nitrogen and oxygen atoms in total. The van der Waals surface area contributed by atoms with E-state index in [1.807, 2.05) is 18.2 Å². The molecule has 0 aliphatic carbocycles. The molecule has 0 aliphatic rings. The molecule has 0 atom stereocenters. The zero-order valence-corrected chi connectivity index (χ0v) is 9.66. The first-order valence-electron chi connectivity index (χ1n) is 5.36. The zero-order valence-electron chi connectivity index (χ0n) is 9.66. The molecular formula is C13H15NO2. The molecule has 16 heavy (non-hydrogen) atoms. The lowest BCUT2D eigenvalue weighted by Crippen LogP contribution is -2.09. The fraction of sp³-hybridized carbons (Fsp3) is 0.308. The second-order valence-corrected chi connectivity index (χ2v) is 4.39. The van der Waals surface area contributed by atoms with Crippen LogP contribution in [0.25, 0.3) is 10.9 Å². The van der Waals surface area contributed by atoms with Crippen LogP contribution >= 0.6 is 0 Å². The highest BCUT2D eigenvalue weighted by Crippen LogP contribution is 2.26. The van der Waals surface area contributed by atoms with Crippen LogP contribution < -0.4 is 5.56 Å². The predicted octanol–water partition coefficient (Wildman–Crippen LogP) is 2.67. The van der Waals surface area contributed by atoms with Crippen molar-refractivity contribution < 1.29 is 5.11 Å². The average molecular weight is 217 g/mol. The fourth-order valence-electron chi connectivity index (χ4n) is 1.76. The summed E-state index contributed by atoms with van der Waals surface area (Å²) in [5, 5.41) is 10.5. The van der Waals surface area contributed by atoms with Crippen molar-refractivity contribution in [2.24, 2.45) is 0 Å². The first-order valence-corrected chi connectivity index (χ1v) is 5.36. The number of aromatic hydroxyl groups is 1. The van der Waals surface area contributed by atoms with Crippen LogP contribution in [0.2, 0.25) is 0 Å².